The molecule has 3 rings (SSSR count). The van der Waals surface area contributed by atoms with Crippen LogP contribution in [0.4, 0.5) is 0 Å². The highest BCUT2D eigenvalue weighted by Crippen LogP contribution is 2.31. The summed E-state index contributed by atoms with van der Waals surface area (Å²) in [5.41, 5.74) is 1.72. The molecule has 0 saturated heterocycles. The van der Waals surface area contributed by atoms with Crippen molar-refractivity contribution in [2.24, 2.45) is 9.50 Å². The van der Waals surface area contributed by atoms with Gasteiger partial charge in [0.1, 0.15) is 0 Å². The molecule has 2 aliphatic rings. The van der Waals surface area contributed by atoms with Crippen LogP contribution in [0, 0.1) is 11.3 Å². The van der Waals surface area contributed by atoms with E-state index < -0.39 is 10.0 Å². The van der Waals surface area contributed by atoms with Gasteiger partial charge in [-0.2, -0.15) is 10.4 Å². The van der Waals surface area contributed by atoms with Gasteiger partial charge in [-0.25, -0.2) is 13.4 Å². The topological polar surface area (TPSA) is 85.9 Å². The third-order valence-electron chi connectivity index (χ3n) is 2.83. The van der Waals surface area contributed by atoms with Gasteiger partial charge in [0.05, 0.1) is 23.9 Å². The van der Waals surface area contributed by atoms with E-state index in [9.17, 15) is 8.42 Å². The molecule has 0 spiro atoms. The monoisotopic (exact) mass is 338 g/mol. The van der Waals surface area contributed by atoms with Gasteiger partial charge in [-0.05, 0) is 29.5 Å². The van der Waals surface area contributed by atoms with Crippen LogP contribution in [0.5, 0.6) is 0 Å². The molecule has 1 aromatic rings. The largest absolute Gasteiger partial charge is 0.257 e. The van der Waals surface area contributed by atoms with E-state index in [1.807, 2.05) is 12.1 Å². The molecule has 0 N–H and O–H groups in total. The molecular formula is C12H10N4O2S3. The van der Waals surface area contributed by atoms with Crippen LogP contribution < -0.4 is 0 Å². The maximum absolute atomic E-state index is 11.4. The van der Waals surface area contributed by atoms with E-state index in [4.69, 9.17) is 5.26 Å². The Bertz CT molecular complexity index is 763. The number of nitriles is 1. The number of thioether (sulfide) groups is 2. The average molecular weight is 338 g/mol. The Labute approximate surface area is 131 Å². The molecule has 9 heteroatoms. The lowest BCUT2D eigenvalue weighted by Gasteiger charge is -2.16. The lowest BCUT2D eigenvalue weighted by molar-refractivity contribution is 0.474. The fourth-order valence-corrected chi connectivity index (χ4v) is 4.87. The zero-order valence-corrected chi connectivity index (χ0v) is 13.2. The first-order valence-corrected chi connectivity index (χ1v) is 9.45. The number of benzene rings is 1. The number of fused-ring (bicyclic) bond motifs is 1. The molecule has 0 aliphatic carbocycles. The van der Waals surface area contributed by atoms with Gasteiger partial charge in [0, 0.05) is 5.75 Å². The highest BCUT2D eigenvalue weighted by Gasteiger charge is 2.30. The van der Waals surface area contributed by atoms with Crippen molar-refractivity contribution >= 4 is 43.1 Å². The second-order valence-corrected chi connectivity index (χ2v) is 8.28. The predicted octanol–water partition coefficient (Wildman–Crippen LogP) is 1.81. The molecule has 0 aromatic heterocycles. The number of hydrogen-bond acceptors (Lipinski definition) is 7. The van der Waals surface area contributed by atoms with Crippen molar-refractivity contribution in [3.8, 4) is 6.07 Å². The highest BCUT2D eigenvalue weighted by atomic mass is 32.2. The normalized spacial score (nSPS) is 19.5. The average Bonchev–Trinajstić information content (AvgIpc) is 2.86. The van der Waals surface area contributed by atoms with E-state index in [0.29, 0.717) is 23.0 Å². The maximum Gasteiger partial charge on any atom is 0.257 e. The fourth-order valence-electron chi connectivity index (χ4n) is 1.75. The summed E-state index contributed by atoms with van der Waals surface area (Å²) in [6, 6.07) is 9.44. The Morgan fingerprint density at radius 3 is 2.86 bits per heavy atom. The zero-order valence-electron chi connectivity index (χ0n) is 10.8. The Morgan fingerprint density at radius 2 is 2.14 bits per heavy atom. The lowest BCUT2D eigenvalue weighted by Crippen LogP contribution is -2.31. The number of sulfonamides is 1. The van der Waals surface area contributed by atoms with E-state index in [2.05, 4.69) is 15.6 Å². The van der Waals surface area contributed by atoms with Crippen LogP contribution in [0.1, 0.15) is 11.1 Å². The van der Waals surface area contributed by atoms with Crippen LogP contribution in [0.3, 0.4) is 0 Å². The minimum Gasteiger partial charge on any atom is -0.239 e. The zero-order chi connectivity index (χ0) is 14.9. The lowest BCUT2D eigenvalue weighted by atomic mass is 10.2. The Kier molecular flexibility index (Phi) is 3.93. The van der Waals surface area contributed by atoms with Crippen molar-refractivity contribution in [2.75, 3.05) is 12.3 Å². The molecule has 0 saturated carbocycles. The minimum absolute atomic E-state index is 0.00806. The third kappa shape index (κ3) is 3.40. The summed E-state index contributed by atoms with van der Waals surface area (Å²) in [4.78, 5) is 0. The molecular weight excluding hydrogens is 328 g/mol. The Hall–Kier alpha value is -1.50. The first-order valence-electron chi connectivity index (χ1n) is 6.04. The van der Waals surface area contributed by atoms with E-state index >= 15 is 0 Å². The summed E-state index contributed by atoms with van der Waals surface area (Å²) in [7, 11) is -3.32. The van der Waals surface area contributed by atoms with Crippen LogP contribution >= 0.6 is 23.5 Å². The molecule has 2 heterocycles. The maximum atomic E-state index is 11.4. The van der Waals surface area contributed by atoms with Crippen molar-refractivity contribution in [1.82, 2.24) is 5.01 Å². The number of hydrogen-bond donors (Lipinski definition) is 0. The van der Waals surface area contributed by atoms with Gasteiger partial charge in [-0.3, -0.25) is 0 Å². The van der Waals surface area contributed by atoms with E-state index in [0.717, 1.165) is 9.94 Å². The molecule has 6 nitrogen and oxygen atoms in total. The van der Waals surface area contributed by atoms with Crippen LogP contribution in [-0.4, -0.2) is 35.3 Å². The summed E-state index contributed by atoms with van der Waals surface area (Å²) in [6.45, 7) is 0.356. The number of hydrazone groups is 1. The number of amidine groups is 1. The van der Waals surface area contributed by atoms with Gasteiger partial charge >= 0.3 is 0 Å². The molecule has 0 radical (unpaired) electrons. The number of rotatable bonds is 2. The van der Waals surface area contributed by atoms with Gasteiger partial charge in [0.2, 0.25) is 5.17 Å². The Balaban J connectivity index is 1.64. The molecule has 0 atom stereocenters. The molecule has 21 heavy (non-hydrogen) atoms. The molecule has 2 aliphatic heterocycles. The second kappa shape index (κ2) is 5.71. The van der Waals surface area contributed by atoms with Crippen LogP contribution in [0.2, 0.25) is 0 Å². The predicted molar refractivity (Wildman–Crippen MR) is 85.4 cm³/mol. The smallest absolute Gasteiger partial charge is 0.239 e. The van der Waals surface area contributed by atoms with Crippen molar-refractivity contribution in [3.05, 3.63) is 35.4 Å². The molecule has 1 aromatic carbocycles. The highest BCUT2D eigenvalue weighted by molar-refractivity contribution is 8.45. The van der Waals surface area contributed by atoms with Crippen molar-refractivity contribution in [1.29, 1.82) is 5.26 Å². The molecule has 0 unspecified atom stereocenters. The van der Waals surface area contributed by atoms with E-state index in [1.165, 1.54) is 23.5 Å². The van der Waals surface area contributed by atoms with Crippen LogP contribution in [0.25, 0.3) is 0 Å². The van der Waals surface area contributed by atoms with Gasteiger partial charge in [-0.1, -0.05) is 23.9 Å². The standard InChI is InChI=1S/C12H10N4O2S3/c13-7-9-1-3-10(4-2-9)8-19-12-14-16-5-6-21(17,18)15-11(16)20-12/h1-4H,5-6,8H2. The SMILES string of the molecule is N#Cc1ccc(CSC2=NN3CCS(=O)(=O)N=C3S2)cc1. The summed E-state index contributed by atoms with van der Waals surface area (Å²) in [5, 5.41) is 15.2. The fraction of sp³-hybridized carbons (Fsp3) is 0.250. The molecule has 108 valence electrons. The third-order valence-corrected chi connectivity index (χ3v) is 6.24. The summed E-state index contributed by atoms with van der Waals surface area (Å²) in [6.07, 6.45) is 0. The van der Waals surface area contributed by atoms with Crippen LogP contribution in [-0.2, 0) is 15.8 Å². The number of nitrogens with zero attached hydrogens (tertiary/aromatic N) is 4. The first kappa shape index (κ1) is 14.4. The Morgan fingerprint density at radius 1 is 1.38 bits per heavy atom. The van der Waals surface area contributed by atoms with Crippen LogP contribution in [0.15, 0.2) is 33.8 Å². The van der Waals surface area contributed by atoms with Crippen molar-refractivity contribution < 1.29 is 8.42 Å². The van der Waals surface area contributed by atoms with Gasteiger partial charge in [0.25, 0.3) is 10.0 Å². The van der Waals surface area contributed by atoms with Gasteiger partial charge in [0.15, 0.2) is 4.38 Å². The molecule has 0 bridgehead atoms. The minimum atomic E-state index is -3.32. The second-order valence-electron chi connectivity index (χ2n) is 4.35. The van der Waals surface area contributed by atoms with Crippen molar-refractivity contribution in [2.45, 2.75) is 5.75 Å². The van der Waals surface area contributed by atoms with Crippen molar-refractivity contribution in [3.63, 3.8) is 0 Å². The quantitative estimate of drug-likeness (QED) is 0.817. The summed E-state index contributed by atoms with van der Waals surface area (Å²) < 4.78 is 27.4. The van der Waals surface area contributed by atoms with Gasteiger partial charge < -0.3 is 0 Å². The summed E-state index contributed by atoms with van der Waals surface area (Å²) in [5.74, 6) is 0.722. The van der Waals surface area contributed by atoms with E-state index in [1.54, 1.807) is 17.1 Å². The van der Waals surface area contributed by atoms with Gasteiger partial charge in [-0.15, -0.1) is 4.40 Å². The van der Waals surface area contributed by atoms with E-state index in [-0.39, 0.29) is 5.75 Å². The summed E-state index contributed by atoms with van der Waals surface area (Å²) >= 11 is 2.81. The molecule has 0 fully saturated rings. The molecule has 0 amide bonds. The first-order chi connectivity index (χ1) is 10.1.